The van der Waals surface area contributed by atoms with Crippen LogP contribution in [0, 0.1) is 17.3 Å². The van der Waals surface area contributed by atoms with Crippen LogP contribution in [0.15, 0.2) is 59.5 Å². The van der Waals surface area contributed by atoms with Gasteiger partial charge in [-0.1, -0.05) is 33.1 Å². The zero-order chi connectivity index (χ0) is 34.4. The number of aromatic nitrogens is 3. The molecule has 2 aromatic heterocycles. The van der Waals surface area contributed by atoms with Crippen LogP contribution in [-0.4, -0.2) is 63.4 Å². The summed E-state index contributed by atoms with van der Waals surface area (Å²) in [5, 5.41) is 10.5. The molecule has 2 saturated carbocycles. The van der Waals surface area contributed by atoms with Crippen LogP contribution in [0.25, 0.3) is 5.65 Å². The normalized spacial score (nSPS) is 23.7. The molecule has 6 rings (SSSR count). The average molecular weight is 674 g/mol. The first-order valence-corrected chi connectivity index (χ1v) is 15.8. The largest absolute Gasteiger partial charge is 0.461 e. The van der Waals surface area contributed by atoms with Gasteiger partial charge >= 0.3 is 12.5 Å². The van der Waals surface area contributed by atoms with Crippen molar-refractivity contribution in [1.82, 2.24) is 30.1 Å². The Balaban J connectivity index is 0.00000213. The van der Waals surface area contributed by atoms with Gasteiger partial charge in [0.25, 0.3) is 0 Å². The molecule has 1 saturated heterocycles. The van der Waals surface area contributed by atoms with Crippen molar-refractivity contribution in [3.05, 3.63) is 65.9 Å². The van der Waals surface area contributed by atoms with Crippen LogP contribution in [0.5, 0.6) is 0 Å². The number of nitrogens with zero attached hydrogens (tertiary/aromatic N) is 5. The van der Waals surface area contributed by atoms with Gasteiger partial charge < -0.3 is 10.6 Å². The van der Waals surface area contributed by atoms with E-state index in [1.54, 1.807) is 24.4 Å². The molecule has 15 heteroatoms. The molecule has 2 atom stereocenters. The molecule has 258 valence electrons. The van der Waals surface area contributed by atoms with E-state index >= 15 is 0 Å². The minimum atomic E-state index is -4.50. The van der Waals surface area contributed by atoms with E-state index in [0.717, 1.165) is 0 Å². The summed E-state index contributed by atoms with van der Waals surface area (Å²) in [5.74, 6) is -3.68. The van der Waals surface area contributed by atoms with Gasteiger partial charge in [-0.05, 0) is 43.7 Å². The maximum absolute atomic E-state index is 14.1. The molecule has 4 heterocycles. The third-order valence-corrected chi connectivity index (χ3v) is 9.39. The number of aliphatic imine (C=N–C) groups is 1. The summed E-state index contributed by atoms with van der Waals surface area (Å²) in [6, 6.07) is 2.66. The van der Waals surface area contributed by atoms with Gasteiger partial charge in [0, 0.05) is 48.7 Å². The molecule has 2 aromatic rings. The van der Waals surface area contributed by atoms with Crippen LogP contribution in [0.3, 0.4) is 0 Å². The highest BCUT2D eigenvalue weighted by atomic mass is 19.4. The Hall–Kier alpha value is -3.49. The number of rotatable bonds is 8. The zero-order valence-electron chi connectivity index (χ0n) is 26.3. The molecular weight excluding hydrogens is 634 g/mol. The molecule has 4 aliphatic rings. The predicted molar refractivity (Wildman–Crippen MR) is 161 cm³/mol. The molecule has 2 N–H and O–H groups in total. The number of alkyl halides is 8. The Morgan fingerprint density at radius 2 is 1.77 bits per heavy atom. The second-order valence-electron chi connectivity index (χ2n) is 12.4. The number of allylic oxidation sites excluding steroid dienone is 1. The maximum atomic E-state index is 14.1. The highest BCUT2D eigenvalue weighted by Crippen LogP contribution is 2.60. The van der Waals surface area contributed by atoms with Crippen molar-refractivity contribution in [2.45, 2.75) is 83.2 Å². The van der Waals surface area contributed by atoms with E-state index < -0.39 is 35.8 Å². The molecule has 7 nitrogen and oxygen atoms in total. The van der Waals surface area contributed by atoms with Crippen molar-refractivity contribution in [2.24, 2.45) is 22.2 Å². The SMILES string of the molecule is C=C(NC(c1cn2nc(CC3CN(C(F)(F)F)CNC3=C)ccc2n1)C1CCC(F)(F)CC1)C1=CCN=C1C1(C(F)(F)F)CC1.CC. The van der Waals surface area contributed by atoms with Crippen LogP contribution < -0.4 is 10.6 Å². The van der Waals surface area contributed by atoms with Crippen molar-refractivity contribution in [1.29, 1.82) is 0 Å². The predicted octanol–water partition coefficient (Wildman–Crippen LogP) is 7.50. The standard InChI is InChI=1S/C30H33F8N7.C2H6/c1-17-20(14-44(16-40-17)30(36,37)38)13-21-3-4-24-42-23(15-45(24)43-21)25(19-5-8-28(31,32)9-6-19)41-18(2)22-7-12-39-26(22)27(10-11-27)29(33,34)35;1-2/h3-4,7,15,19-20,25,40-41H,1-2,5-6,8-14,16H2;1-2H3. The average Bonchev–Trinajstić information content (AvgIpc) is 3.49. The summed E-state index contributed by atoms with van der Waals surface area (Å²) in [4.78, 5) is 9.20. The zero-order valence-corrected chi connectivity index (χ0v) is 26.3. The molecule has 0 bridgehead atoms. The van der Waals surface area contributed by atoms with E-state index in [2.05, 4.69) is 38.9 Å². The molecule has 0 radical (unpaired) electrons. The summed E-state index contributed by atoms with van der Waals surface area (Å²) >= 11 is 0. The first-order chi connectivity index (χ1) is 22.1. The summed E-state index contributed by atoms with van der Waals surface area (Å²) < 4.78 is 111. The van der Waals surface area contributed by atoms with Crippen molar-refractivity contribution in [3.63, 3.8) is 0 Å². The lowest BCUT2D eigenvalue weighted by Gasteiger charge is -2.36. The Morgan fingerprint density at radius 1 is 1.09 bits per heavy atom. The van der Waals surface area contributed by atoms with Crippen LogP contribution in [0.2, 0.25) is 0 Å². The summed E-state index contributed by atoms with van der Waals surface area (Å²) in [6.45, 7) is 11.3. The van der Waals surface area contributed by atoms with Gasteiger partial charge in [-0.25, -0.2) is 18.3 Å². The van der Waals surface area contributed by atoms with Gasteiger partial charge in [0.1, 0.15) is 5.41 Å². The van der Waals surface area contributed by atoms with Crippen molar-refractivity contribution >= 4 is 11.4 Å². The lowest BCUT2D eigenvalue weighted by atomic mass is 9.80. The Morgan fingerprint density at radius 3 is 2.38 bits per heavy atom. The van der Waals surface area contributed by atoms with Gasteiger partial charge in [0.05, 0.1) is 42.6 Å². The topological polar surface area (TPSA) is 69.8 Å². The lowest BCUT2D eigenvalue weighted by molar-refractivity contribution is -0.252. The van der Waals surface area contributed by atoms with Crippen LogP contribution in [0.1, 0.15) is 69.8 Å². The highest BCUT2D eigenvalue weighted by molar-refractivity contribution is 6.10. The molecule has 47 heavy (non-hydrogen) atoms. The fourth-order valence-corrected chi connectivity index (χ4v) is 6.57. The van der Waals surface area contributed by atoms with Crippen LogP contribution in [-0.2, 0) is 6.42 Å². The van der Waals surface area contributed by atoms with E-state index in [0.29, 0.717) is 27.6 Å². The van der Waals surface area contributed by atoms with Crippen molar-refractivity contribution < 1.29 is 35.1 Å². The first kappa shape index (κ1) is 34.8. The minimum absolute atomic E-state index is 0.0504. The maximum Gasteiger partial charge on any atom is 0.461 e. The Labute approximate surface area is 267 Å². The van der Waals surface area contributed by atoms with Gasteiger partial charge in [0.15, 0.2) is 5.65 Å². The summed E-state index contributed by atoms with van der Waals surface area (Å²) in [6.07, 6.45) is -6.04. The molecule has 2 aliphatic heterocycles. The van der Waals surface area contributed by atoms with E-state index in [1.807, 2.05) is 13.8 Å². The third kappa shape index (κ3) is 7.19. The van der Waals surface area contributed by atoms with Gasteiger partial charge in [-0.2, -0.15) is 36.3 Å². The molecule has 2 aliphatic carbocycles. The van der Waals surface area contributed by atoms with Gasteiger partial charge in [-0.15, -0.1) is 0 Å². The molecule has 0 spiro atoms. The smallest absolute Gasteiger partial charge is 0.376 e. The third-order valence-electron chi connectivity index (χ3n) is 9.39. The van der Waals surface area contributed by atoms with E-state index in [1.165, 1.54) is 4.52 Å². The molecule has 3 fully saturated rings. The van der Waals surface area contributed by atoms with Crippen LogP contribution >= 0.6 is 0 Å². The first-order valence-electron chi connectivity index (χ1n) is 15.8. The van der Waals surface area contributed by atoms with Gasteiger partial charge in [-0.3, -0.25) is 4.99 Å². The number of hydrogen-bond donors (Lipinski definition) is 2. The summed E-state index contributed by atoms with van der Waals surface area (Å²) in [7, 11) is 0. The second kappa shape index (κ2) is 12.8. The Kier molecular flexibility index (Phi) is 9.52. The van der Waals surface area contributed by atoms with Crippen molar-refractivity contribution in [2.75, 3.05) is 19.8 Å². The lowest BCUT2D eigenvalue weighted by Crippen LogP contribution is -2.52. The quantitative estimate of drug-likeness (QED) is 0.224. The van der Waals surface area contributed by atoms with Gasteiger partial charge in [0.2, 0.25) is 5.92 Å². The monoisotopic (exact) mass is 673 g/mol. The van der Waals surface area contributed by atoms with Crippen molar-refractivity contribution in [3.8, 4) is 0 Å². The van der Waals surface area contributed by atoms with E-state index in [-0.39, 0.29) is 87.6 Å². The molecular formula is C32H39F8N7. The Bertz CT molecular complexity index is 1540. The second-order valence-corrected chi connectivity index (χ2v) is 12.4. The number of imidazole rings is 1. The van der Waals surface area contributed by atoms with E-state index in [4.69, 9.17) is 0 Å². The molecule has 2 unspecified atom stereocenters. The fraction of sp³-hybridized carbons (Fsp3) is 0.594. The minimum Gasteiger partial charge on any atom is -0.376 e. The summed E-state index contributed by atoms with van der Waals surface area (Å²) in [5.41, 5.74) is 0.268. The van der Waals surface area contributed by atoms with Crippen LogP contribution in [0.4, 0.5) is 35.1 Å². The highest BCUT2D eigenvalue weighted by Gasteiger charge is 2.67. The fourth-order valence-electron chi connectivity index (χ4n) is 6.57. The number of halogens is 8. The molecule has 0 amide bonds. The van der Waals surface area contributed by atoms with E-state index in [9.17, 15) is 35.1 Å². The number of hydrogen-bond acceptors (Lipinski definition) is 6. The number of nitrogens with one attached hydrogen (secondary N) is 2. The molecule has 0 aromatic carbocycles. The number of fused-ring (bicyclic) bond motifs is 1.